The highest BCUT2D eigenvalue weighted by Crippen LogP contribution is 2.32. The van der Waals surface area contributed by atoms with Gasteiger partial charge in [0, 0.05) is 24.7 Å². The molecule has 0 radical (unpaired) electrons. The van der Waals surface area contributed by atoms with Crippen LogP contribution in [0.3, 0.4) is 0 Å². The quantitative estimate of drug-likeness (QED) is 0.881. The number of rotatable bonds is 6. The van der Waals surface area contributed by atoms with Gasteiger partial charge in [-0.3, -0.25) is 9.59 Å². The van der Waals surface area contributed by atoms with E-state index >= 15 is 0 Å². The van der Waals surface area contributed by atoms with Crippen molar-refractivity contribution in [3.8, 4) is 11.5 Å². The molecule has 0 aliphatic heterocycles. The van der Waals surface area contributed by atoms with E-state index in [1.807, 2.05) is 6.92 Å². The highest BCUT2D eigenvalue weighted by atomic mass is 16.5. The molecule has 6 heteroatoms. The molecule has 1 amide bonds. The Hall–Kier alpha value is -2.50. The Kier molecular flexibility index (Phi) is 4.46. The summed E-state index contributed by atoms with van der Waals surface area (Å²) in [5.41, 5.74) is 0.334. The highest BCUT2D eigenvalue weighted by molar-refractivity contribution is 6.07. The lowest BCUT2D eigenvalue weighted by atomic mass is 10.1. The van der Waals surface area contributed by atoms with Crippen molar-refractivity contribution >= 4 is 16.7 Å². The molecule has 24 heavy (non-hydrogen) atoms. The first-order valence-corrected chi connectivity index (χ1v) is 8.16. The summed E-state index contributed by atoms with van der Waals surface area (Å²) in [6.07, 6.45) is 3.96. The first kappa shape index (κ1) is 16.4. The minimum atomic E-state index is -0.165. The topological polar surface area (TPSA) is 69.6 Å². The van der Waals surface area contributed by atoms with Crippen LogP contribution < -0.4 is 20.3 Å². The number of benzene rings is 1. The van der Waals surface area contributed by atoms with Crippen LogP contribution in [0.2, 0.25) is 0 Å². The largest absolute Gasteiger partial charge is 0.493 e. The summed E-state index contributed by atoms with van der Waals surface area (Å²) >= 11 is 0. The van der Waals surface area contributed by atoms with Gasteiger partial charge in [-0.1, -0.05) is 0 Å². The molecule has 1 aliphatic rings. The second-order valence-corrected chi connectivity index (χ2v) is 6.04. The fraction of sp³-hybridized carbons (Fsp3) is 0.444. The monoisotopic (exact) mass is 330 g/mol. The third-order valence-electron chi connectivity index (χ3n) is 4.42. The zero-order chi connectivity index (χ0) is 17.3. The predicted molar refractivity (Wildman–Crippen MR) is 92.0 cm³/mol. The van der Waals surface area contributed by atoms with Gasteiger partial charge in [-0.05, 0) is 37.8 Å². The molecule has 0 saturated heterocycles. The molecular weight excluding hydrogens is 308 g/mol. The molecule has 128 valence electrons. The van der Waals surface area contributed by atoms with Crippen LogP contribution in [0.1, 0.15) is 30.1 Å². The van der Waals surface area contributed by atoms with Crippen LogP contribution in [-0.2, 0) is 6.54 Å². The summed E-state index contributed by atoms with van der Waals surface area (Å²) in [4.78, 5) is 25.2. The van der Waals surface area contributed by atoms with Crippen LogP contribution in [0, 0.1) is 5.92 Å². The molecule has 1 aliphatic carbocycles. The van der Waals surface area contributed by atoms with Crippen LogP contribution in [0.5, 0.6) is 11.5 Å². The van der Waals surface area contributed by atoms with Gasteiger partial charge in [0.15, 0.2) is 11.5 Å². The van der Waals surface area contributed by atoms with Crippen molar-refractivity contribution in [2.75, 3.05) is 20.8 Å². The number of amides is 1. The number of ether oxygens (including phenoxy) is 2. The van der Waals surface area contributed by atoms with E-state index in [1.165, 1.54) is 27.1 Å². The van der Waals surface area contributed by atoms with Crippen molar-refractivity contribution in [2.24, 2.45) is 5.92 Å². The summed E-state index contributed by atoms with van der Waals surface area (Å²) < 4.78 is 12.1. The van der Waals surface area contributed by atoms with Gasteiger partial charge >= 0.3 is 0 Å². The van der Waals surface area contributed by atoms with Crippen molar-refractivity contribution in [3.63, 3.8) is 0 Å². The number of hydrogen-bond acceptors (Lipinski definition) is 4. The van der Waals surface area contributed by atoms with Gasteiger partial charge in [-0.15, -0.1) is 0 Å². The van der Waals surface area contributed by atoms with E-state index in [-0.39, 0.29) is 11.5 Å². The van der Waals surface area contributed by atoms with E-state index in [0.717, 1.165) is 0 Å². The lowest BCUT2D eigenvalue weighted by Gasteiger charge is -2.14. The summed E-state index contributed by atoms with van der Waals surface area (Å²) in [7, 11) is 3.05. The first-order valence-electron chi connectivity index (χ1n) is 8.16. The number of aromatic nitrogens is 1. The number of aryl methyl sites for hydroxylation is 1. The maximum Gasteiger partial charge on any atom is 0.258 e. The maximum absolute atomic E-state index is 12.6. The van der Waals surface area contributed by atoms with Crippen molar-refractivity contribution in [3.05, 3.63) is 34.2 Å². The molecule has 0 unspecified atom stereocenters. The van der Waals surface area contributed by atoms with Crippen LogP contribution in [-0.4, -0.2) is 31.2 Å². The van der Waals surface area contributed by atoms with Crippen LogP contribution in [0.15, 0.2) is 23.1 Å². The molecule has 1 saturated carbocycles. The van der Waals surface area contributed by atoms with E-state index in [1.54, 1.807) is 22.9 Å². The molecule has 1 fully saturated rings. The predicted octanol–water partition coefficient (Wildman–Crippen LogP) is 2.18. The number of carbonyl (C=O) groups excluding carboxylic acids is 1. The SMILES string of the molecule is CCn1cc(C(=O)NCC2CC2)c2cc(OC)c(OC)cc2c1=O. The second-order valence-electron chi connectivity index (χ2n) is 6.04. The van der Waals surface area contributed by atoms with Gasteiger partial charge in [0.05, 0.1) is 25.2 Å². The summed E-state index contributed by atoms with van der Waals surface area (Å²) in [6, 6.07) is 3.34. The molecule has 0 bridgehead atoms. The van der Waals surface area contributed by atoms with Gasteiger partial charge in [0.1, 0.15) is 0 Å². The average Bonchev–Trinajstić information content (AvgIpc) is 3.43. The Labute approximate surface area is 140 Å². The van der Waals surface area contributed by atoms with Crippen LogP contribution in [0.4, 0.5) is 0 Å². The number of carbonyl (C=O) groups is 1. The van der Waals surface area contributed by atoms with E-state index in [0.29, 0.717) is 46.8 Å². The minimum Gasteiger partial charge on any atom is -0.493 e. The molecule has 0 atom stereocenters. The Balaban J connectivity index is 2.16. The molecule has 1 aromatic carbocycles. The number of nitrogens with zero attached hydrogens (tertiary/aromatic N) is 1. The fourth-order valence-corrected chi connectivity index (χ4v) is 2.79. The lowest BCUT2D eigenvalue weighted by Crippen LogP contribution is -2.28. The Morgan fingerprint density at radius 1 is 1.21 bits per heavy atom. The molecule has 6 nitrogen and oxygen atoms in total. The third-order valence-corrected chi connectivity index (χ3v) is 4.42. The van der Waals surface area contributed by atoms with Crippen molar-refractivity contribution in [2.45, 2.75) is 26.3 Å². The standard InChI is InChI=1S/C18H22N2O4/c1-4-20-10-14(17(21)19-9-11-5-6-11)12-7-15(23-2)16(24-3)8-13(12)18(20)22/h7-8,10-11H,4-6,9H2,1-3H3,(H,19,21). The van der Waals surface area contributed by atoms with Crippen LogP contribution >= 0.6 is 0 Å². The number of methoxy groups -OCH3 is 2. The number of hydrogen-bond donors (Lipinski definition) is 1. The van der Waals surface area contributed by atoms with E-state index in [9.17, 15) is 9.59 Å². The average molecular weight is 330 g/mol. The third kappa shape index (κ3) is 2.96. The molecule has 0 spiro atoms. The Morgan fingerprint density at radius 2 is 1.83 bits per heavy atom. The lowest BCUT2D eigenvalue weighted by molar-refractivity contribution is 0.0952. The van der Waals surface area contributed by atoms with Gasteiger partial charge in [0.2, 0.25) is 0 Å². The minimum absolute atomic E-state index is 0.146. The van der Waals surface area contributed by atoms with Crippen molar-refractivity contribution < 1.29 is 14.3 Å². The zero-order valence-corrected chi connectivity index (χ0v) is 14.2. The number of nitrogens with one attached hydrogen (secondary N) is 1. The van der Waals surface area contributed by atoms with Crippen molar-refractivity contribution in [1.82, 2.24) is 9.88 Å². The van der Waals surface area contributed by atoms with Crippen LogP contribution in [0.25, 0.3) is 10.8 Å². The normalized spacial score (nSPS) is 13.8. The van der Waals surface area contributed by atoms with E-state index in [2.05, 4.69) is 5.32 Å². The number of pyridine rings is 1. The Morgan fingerprint density at radius 3 is 2.38 bits per heavy atom. The van der Waals surface area contributed by atoms with Gasteiger partial charge in [-0.2, -0.15) is 0 Å². The molecular formula is C18H22N2O4. The van der Waals surface area contributed by atoms with E-state index in [4.69, 9.17) is 9.47 Å². The maximum atomic E-state index is 12.6. The Bertz CT molecular complexity index is 837. The van der Waals surface area contributed by atoms with Gasteiger partial charge < -0.3 is 19.4 Å². The molecule has 2 aromatic rings. The van der Waals surface area contributed by atoms with Crippen molar-refractivity contribution in [1.29, 1.82) is 0 Å². The summed E-state index contributed by atoms with van der Waals surface area (Å²) in [5, 5.41) is 4.00. The molecule has 1 heterocycles. The summed E-state index contributed by atoms with van der Waals surface area (Å²) in [5.74, 6) is 1.39. The molecule has 1 aromatic heterocycles. The smallest absolute Gasteiger partial charge is 0.258 e. The highest BCUT2D eigenvalue weighted by Gasteiger charge is 2.23. The zero-order valence-electron chi connectivity index (χ0n) is 14.2. The first-order chi connectivity index (χ1) is 11.6. The molecule has 3 rings (SSSR count). The molecule has 1 N–H and O–H groups in total. The van der Waals surface area contributed by atoms with Gasteiger partial charge in [0.25, 0.3) is 11.5 Å². The summed E-state index contributed by atoms with van der Waals surface area (Å²) in [6.45, 7) is 3.05. The van der Waals surface area contributed by atoms with Gasteiger partial charge in [-0.25, -0.2) is 0 Å². The second kappa shape index (κ2) is 6.55. The fourth-order valence-electron chi connectivity index (χ4n) is 2.79. The number of fused-ring (bicyclic) bond motifs is 1. The van der Waals surface area contributed by atoms with E-state index < -0.39 is 0 Å².